The molecule has 167 valence electrons. The topological polar surface area (TPSA) is 63.3 Å². The molecule has 0 saturated carbocycles. The molecule has 0 saturated heterocycles. The second kappa shape index (κ2) is 11.4. The summed E-state index contributed by atoms with van der Waals surface area (Å²) in [4.78, 5) is 3.78. The van der Waals surface area contributed by atoms with Gasteiger partial charge in [-0.1, -0.05) is 30.3 Å². The van der Waals surface area contributed by atoms with E-state index < -0.39 is 5.92 Å². The number of phenols is 1. The fraction of sp³-hybridized carbons (Fsp3) is 0.125. The van der Waals surface area contributed by atoms with Crippen LogP contribution in [-0.4, -0.2) is 33.1 Å². The van der Waals surface area contributed by atoms with Crippen LogP contribution in [0.2, 0.25) is 0 Å². The van der Waals surface area contributed by atoms with E-state index in [-0.39, 0.29) is 31.7 Å². The molecule has 4 aromatic rings. The van der Waals surface area contributed by atoms with Gasteiger partial charge in [0.05, 0.1) is 5.82 Å². The number of alkyl halides is 2. The molecule has 5 nitrogen and oxygen atoms in total. The van der Waals surface area contributed by atoms with Crippen molar-refractivity contribution in [2.75, 3.05) is 7.05 Å². The summed E-state index contributed by atoms with van der Waals surface area (Å²) < 4.78 is 29.0. The standard InChI is InChI=1S/C16H12F2N3.C8H9NO.Ir/c1-16(17,18)15-20-19-14(12-8-4-2-5-9-12)21(15)13-10-6-3-7-11-13;1-9-6-7-4-2-3-5-8(7)10;/h2-8,10-11H,1H3;2-6,10H,1H3;/q-1;;. The average molecular weight is 612 g/mol. The molecule has 1 radical (unpaired) electrons. The minimum absolute atomic E-state index is 0. The SMILES string of the molecule is CC(F)(F)c1nnc(-c2[c-]cccc2)n1-c1ccccc1.CN=Cc1ccccc1O.[Ir]. The third-order valence-electron chi connectivity index (χ3n) is 4.22. The molecule has 0 spiro atoms. The van der Waals surface area contributed by atoms with Gasteiger partial charge in [0.1, 0.15) is 5.75 Å². The summed E-state index contributed by atoms with van der Waals surface area (Å²) in [7, 11) is 1.67. The fourth-order valence-corrected chi connectivity index (χ4v) is 2.83. The number of para-hydroxylation sites is 2. The van der Waals surface area contributed by atoms with E-state index in [9.17, 15) is 8.78 Å². The van der Waals surface area contributed by atoms with Crippen molar-refractivity contribution in [3.63, 3.8) is 0 Å². The molecule has 0 bridgehead atoms. The molecule has 0 aliphatic carbocycles. The molecule has 0 aliphatic rings. The Balaban J connectivity index is 0.000000280. The van der Waals surface area contributed by atoms with E-state index in [2.05, 4.69) is 21.3 Å². The van der Waals surface area contributed by atoms with Crippen LogP contribution in [0.25, 0.3) is 17.1 Å². The average Bonchev–Trinajstić information content (AvgIpc) is 3.23. The van der Waals surface area contributed by atoms with Crippen LogP contribution >= 0.6 is 0 Å². The largest absolute Gasteiger partial charge is 0.507 e. The number of nitrogens with zero attached hydrogens (tertiary/aromatic N) is 4. The molecule has 0 aliphatic heterocycles. The monoisotopic (exact) mass is 612 g/mol. The Hall–Kier alpha value is -3.22. The summed E-state index contributed by atoms with van der Waals surface area (Å²) in [5, 5.41) is 16.8. The maximum atomic E-state index is 13.8. The van der Waals surface area contributed by atoms with Crippen molar-refractivity contribution in [2.24, 2.45) is 4.99 Å². The van der Waals surface area contributed by atoms with E-state index in [1.54, 1.807) is 67.9 Å². The van der Waals surface area contributed by atoms with Crippen molar-refractivity contribution in [2.45, 2.75) is 12.8 Å². The number of aromatic nitrogens is 3. The van der Waals surface area contributed by atoms with Crippen LogP contribution in [0.3, 0.4) is 0 Å². The maximum Gasteiger partial charge on any atom is 0.303 e. The number of rotatable bonds is 4. The molecule has 3 aromatic carbocycles. The first-order chi connectivity index (χ1) is 14.9. The minimum atomic E-state index is -3.09. The summed E-state index contributed by atoms with van der Waals surface area (Å²) in [6.45, 7) is 0.814. The molecule has 0 fully saturated rings. The molecule has 1 N–H and O–H groups in total. The number of aliphatic imine (C=N–C) groups is 1. The molecular formula is C24H21F2IrN4O-. The van der Waals surface area contributed by atoms with Gasteiger partial charge in [0.2, 0.25) is 0 Å². The first kappa shape index (κ1) is 25.0. The van der Waals surface area contributed by atoms with Gasteiger partial charge in [0, 0.05) is 51.5 Å². The van der Waals surface area contributed by atoms with Gasteiger partial charge in [-0.05, 0) is 24.3 Å². The zero-order valence-electron chi connectivity index (χ0n) is 17.4. The second-order valence-corrected chi connectivity index (χ2v) is 6.63. The minimum Gasteiger partial charge on any atom is -0.507 e. The molecule has 4 rings (SSSR count). The van der Waals surface area contributed by atoms with Crippen LogP contribution in [0.15, 0.2) is 83.9 Å². The van der Waals surface area contributed by atoms with Gasteiger partial charge in [0.15, 0.2) is 5.82 Å². The number of benzene rings is 3. The Kier molecular flexibility index (Phi) is 8.93. The third-order valence-corrected chi connectivity index (χ3v) is 4.22. The molecular weight excluding hydrogens is 591 g/mol. The summed E-state index contributed by atoms with van der Waals surface area (Å²) in [5.74, 6) is -2.86. The summed E-state index contributed by atoms with van der Waals surface area (Å²) in [6.07, 6.45) is 1.62. The van der Waals surface area contributed by atoms with E-state index in [1.807, 2.05) is 24.3 Å². The van der Waals surface area contributed by atoms with Crippen molar-refractivity contribution in [3.05, 3.63) is 96.3 Å². The first-order valence-corrected chi connectivity index (χ1v) is 9.48. The van der Waals surface area contributed by atoms with Gasteiger partial charge in [-0.3, -0.25) is 4.99 Å². The van der Waals surface area contributed by atoms with E-state index in [0.717, 1.165) is 12.5 Å². The number of hydrogen-bond acceptors (Lipinski definition) is 4. The van der Waals surface area contributed by atoms with Crippen LogP contribution in [0, 0.1) is 6.07 Å². The van der Waals surface area contributed by atoms with Gasteiger partial charge in [-0.15, -0.1) is 41.0 Å². The van der Waals surface area contributed by atoms with Crippen molar-refractivity contribution in [1.82, 2.24) is 14.8 Å². The predicted molar refractivity (Wildman–Crippen MR) is 117 cm³/mol. The van der Waals surface area contributed by atoms with E-state index >= 15 is 0 Å². The summed E-state index contributed by atoms with van der Waals surface area (Å²) in [5.41, 5.74) is 1.96. The maximum absolute atomic E-state index is 13.8. The van der Waals surface area contributed by atoms with Crippen molar-refractivity contribution >= 4 is 6.21 Å². The summed E-state index contributed by atoms with van der Waals surface area (Å²) in [6, 6.07) is 26.0. The molecule has 0 unspecified atom stereocenters. The Morgan fingerprint density at radius 2 is 1.62 bits per heavy atom. The van der Waals surface area contributed by atoms with Gasteiger partial charge in [-0.25, -0.2) is 0 Å². The molecule has 8 heteroatoms. The van der Waals surface area contributed by atoms with Crippen LogP contribution in [0.4, 0.5) is 8.78 Å². The van der Waals surface area contributed by atoms with Crippen molar-refractivity contribution < 1.29 is 34.0 Å². The van der Waals surface area contributed by atoms with Crippen LogP contribution in [0.5, 0.6) is 5.75 Å². The Bertz CT molecular complexity index is 1140. The van der Waals surface area contributed by atoms with Gasteiger partial charge < -0.3 is 9.67 Å². The summed E-state index contributed by atoms with van der Waals surface area (Å²) >= 11 is 0. The molecule has 1 heterocycles. The van der Waals surface area contributed by atoms with E-state index in [0.29, 0.717) is 17.1 Å². The Morgan fingerprint density at radius 3 is 2.22 bits per heavy atom. The molecule has 32 heavy (non-hydrogen) atoms. The molecule has 0 atom stereocenters. The normalized spacial score (nSPS) is 10.9. The zero-order chi connectivity index (χ0) is 22.3. The number of hydrogen-bond donors (Lipinski definition) is 1. The van der Waals surface area contributed by atoms with Crippen LogP contribution in [0.1, 0.15) is 18.3 Å². The molecule has 1 aromatic heterocycles. The van der Waals surface area contributed by atoms with Gasteiger partial charge in [-0.2, -0.15) is 13.9 Å². The number of aromatic hydroxyl groups is 1. The predicted octanol–water partition coefficient (Wildman–Crippen LogP) is 5.28. The second-order valence-electron chi connectivity index (χ2n) is 6.63. The van der Waals surface area contributed by atoms with Crippen molar-refractivity contribution in [3.8, 4) is 22.8 Å². The quantitative estimate of drug-likeness (QED) is 0.252. The Morgan fingerprint density at radius 1 is 0.969 bits per heavy atom. The van der Waals surface area contributed by atoms with Crippen molar-refractivity contribution in [1.29, 1.82) is 0 Å². The zero-order valence-corrected chi connectivity index (χ0v) is 19.8. The van der Waals surface area contributed by atoms with Crippen LogP contribution in [-0.2, 0) is 26.0 Å². The smallest absolute Gasteiger partial charge is 0.303 e. The van der Waals surface area contributed by atoms with E-state index in [1.165, 1.54) is 4.57 Å². The van der Waals surface area contributed by atoms with Gasteiger partial charge >= 0.3 is 5.92 Å². The van der Waals surface area contributed by atoms with E-state index in [4.69, 9.17) is 5.11 Å². The third kappa shape index (κ3) is 6.15. The fourth-order valence-electron chi connectivity index (χ4n) is 2.83. The van der Waals surface area contributed by atoms with Gasteiger partial charge in [0.25, 0.3) is 0 Å². The van der Waals surface area contributed by atoms with Crippen LogP contribution < -0.4 is 0 Å². The number of phenolic OH excluding ortho intramolecular Hbond substituents is 1. The molecule has 0 amide bonds. The number of halogens is 2. The first-order valence-electron chi connectivity index (χ1n) is 9.48. The Labute approximate surface area is 198 Å².